The number of hydrogen-bond acceptors (Lipinski definition) is 3. The van der Waals surface area contributed by atoms with E-state index in [0.29, 0.717) is 18.6 Å². The van der Waals surface area contributed by atoms with Crippen molar-refractivity contribution in [2.24, 2.45) is 16.8 Å². The average molecular weight is 289 g/mol. The minimum atomic E-state index is -1.24. The summed E-state index contributed by atoms with van der Waals surface area (Å²) in [6, 6.07) is 0.883. The van der Waals surface area contributed by atoms with Crippen LogP contribution in [0.3, 0.4) is 0 Å². The van der Waals surface area contributed by atoms with Crippen LogP contribution in [0, 0.1) is 23.4 Å². The Morgan fingerprint density at radius 3 is 2.40 bits per heavy atom. The van der Waals surface area contributed by atoms with Gasteiger partial charge in [0.2, 0.25) is 5.91 Å². The van der Waals surface area contributed by atoms with Crippen molar-refractivity contribution in [3.05, 3.63) is 29.6 Å². The molecule has 0 fully saturated rings. The van der Waals surface area contributed by atoms with E-state index in [1.807, 2.05) is 5.32 Å². The predicted molar refractivity (Wildman–Crippen MR) is 66.8 cm³/mol. The molecule has 0 saturated carbocycles. The van der Waals surface area contributed by atoms with Crippen LogP contribution >= 0.6 is 0 Å². The summed E-state index contributed by atoms with van der Waals surface area (Å²) in [7, 11) is 0. The van der Waals surface area contributed by atoms with E-state index in [1.54, 1.807) is 6.92 Å². The maximum atomic E-state index is 13.4. The molecule has 0 aliphatic carbocycles. The van der Waals surface area contributed by atoms with Gasteiger partial charge in [0.15, 0.2) is 17.5 Å². The van der Waals surface area contributed by atoms with Crippen molar-refractivity contribution in [1.29, 1.82) is 0 Å². The van der Waals surface area contributed by atoms with Gasteiger partial charge in [-0.1, -0.05) is 18.5 Å². The average Bonchev–Trinajstić information content (AvgIpc) is 2.39. The largest absolute Gasteiger partial charge is 0.409 e. The van der Waals surface area contributed by atoms with Crippen LogP contribution in [0.4, 0.5) is 18.9 Å². The second-order valence-corrected chi connectivity index (χ2v) is 4.10. The number of amides is 1. The number of benzene rings is 1. The number of halogens is 3. The molecule has 1 atom stereocenters. The number of carbonyl (C=O) groups excluding carboxylic acids is 1. The molecule has 0 aliphatic rings. The van der Waals surface area contributed by atoms with Crippen LogP contribution in [0.15, 0.2) is 17.3 Å². The van der Waals surface area contributed by atoms with Gasteiger partial charge in [0.1, 0.15) is 11.5 Å². The summed E-state index contributed by atoms with van der Waals surface area (Å²) >= 11 is 0. The van der Waals surface area contributed by atoms with E-state index in [9.17, 15) is 18.0 Å². The third-order valence-corrected chi connectivity index (χ3v) is 2.62. The van der Waals surface area contributed by atoms with Crippen LogP contribution in [-0.4, -0.2) is 17.0 Å². The zero-order valence-electron chi connectivity index (χ0n) is 10.7. The van der Waals surface area contributed by atoms with Crippen LogP contribution in [-0.2, 0) is 4.79 Å². The fraction of sp³-hybridized carbons (Fsp3) is 0.333. The summed E-state index contributed by atoms with van der Waals surface area (Å²) in [6.07, 6.45) is 0.759. The maximum Gasteiger partial charge on any atom is 0.235 e. The van der Waals surface area contributed by atoms with Gasteiger partial charge >= 0.3 is 0 Å². The highest BCUT2D eigenvalue weighted by molar-refractivity contribution is 6.07. The van der Waals surface area contributed by atoms with Crippen LogP contribution in [0.2, 0.25) is 0 Å². The van der Waals surface area contributed by atoms with Gasteiger partial charge in [-0.3, -0.25) is 4.79 Å². The normalized spacial score (nSPS) is 13.1. The molecule has 0 radical (unpaired) electrons. The molecule has 8 heteroatoms. The van der Waals surface area contributed by atoms with E-state index in [2.05, 4.69) is 5.16 Å². The second-order valence-electron chi connectivity index (χ2n) is 4.10. The molecule has 0 aromatic heterocycles. The first-order chi connectivity index (χ1) is 9.40. The van der Waals surface area contributed by atoms with E-state index in [4.69, 9.17) is 10.9 Å². The lowest BCUT2D eigenvalue weighted by atomic mass is 10.0. The van der Waals surface area contributed by atoms with Crippen LogP contribution < -0.4 is 11.1 Å². The van der Waals surface area contributed by atoms with Gasteiger partial charge in [-0.05, 0) is 6.42 Å². The van der Waals surface area contributed by atoms with Crippen molar-refractivity contribution in [3.8, 4) is 0 Å². The van der Waals surface area contributed by atoms with Crippen molar-refractivity contribution < 1.29 is 23.2 Å². The summed E-state index contributed by atoms with van der Waals surface area (Å²) in [4.78, 5) is 11.9. The lowest BCUT2D eigenvalue weighted by Crippen LogP contribution is -2.35. The van der Waals surface area contributed by atoms with Crippen molar-refractivity contribution >= 4 is 17.4 Å². The molecule has 1 unspecified atom stereocenters. The molecule has 5 nitrogen and oxygen atoms in total. The third kappa shape index (κ3) is 3.62. The summed E-state index contributed by atoms with van der Waals surface area (Å²) in [5.74, 6) is -5.83. The number of oxime groups is 1. The molecule has 4 N–H and O–H groups in total. The molecular weight excluding hydrogens is 275 g/mol. The standard InChI is InChI=1S/C12H14F3N3O2/c1-2-3-7(11(16)18-20)12(19)17-10-8(14)4-6(13)5-9(10)15/h4-5,7,20H,2-3H2,1H3,(H2,16,18)(H,17,19). The molecule has 0 spiro atoms. The highest BCUT2D eigenvalue weighted by atomic mass is 19.1. The second kappa shape index (κ2) is 6.78. The van der Waals surface area contributed by atoms with Crippen LogP contribution in [0.1, 0.15) is 19.8 Å². The number of anilines is 1. The van der Waals surface area contributed by atoms with Gasteiger partial charge in [-0.2, -0.15) is 0 Å². The summed E-state index contributed by atoms with van der Waals surface area (Å²) in [5, 5.41) is 13.3. The lowest BCUT2D eigenvalue weighted by molar-refractivity contribution is -0.118. The number of nitrogens with two attached hydrogens (primary N) is 1. The minimum absolute atomic E-state index is 0.228. The Morgan fingerprint density at radius 1 is 1.40 bits per heavy atom. The van der Waals surface area contributed by atoms with Crippen molar-refractivity contribution in [2.45, 2.75) is 19.8 Å². The molecule has 20 heavy (non-hydrogen) atoms. The van der Waals surface area contributed by atoms with E-state index >= 15 is 0 Å². The maximum absolute atomic E-state index is 13.4. The Hall–Kier alpha value is -2.25. The quantitative estimate of drug-likeness (QED) is 0.336. The Bertz CT molecular complexity index is 512. The van der Waals surface area contributed by atoms with E-state index < -0.39 is 35.0 Å². The number of nitrogens with one attached hydrogen (secondary N) is 1. The molecule has 1 aromatic rings. The Balaban J connectivity index is 3.00. The van der Waals surface area contributed by atoms with Gasteiger partial charge in [-0.25, -0.2) is 13.2 Å². The van der Waals surface area contributed by atoms with Gasteiger partial charge in [0.05, 0.1) is 5.92 Å². The number of rotatable bonds is 5. The molecule has 1 aromatic carbocycles. The van der Waals surface area contributed by atoms with Crippen molar-refractivity contribution in [3.63, 3.8) is 0 Å². The molecule has 0 bridgehead atoms. The highest BCUT2D eigenvalue weighted by Gasteiger charge is 2.24. The first-order valence-corrected chi connectivity index (χ1v) is 5.83. The highest BCUT2D eigenvalue weighted by Crippen LogP contribution is 2.21. The van der Waals surface area contributed by atoms with Crippen molar-refractivity contribution in [2.75, 3.05) is 5.32 Å². The summed E-state index contributed by atoms with van der Waals surface area (Å²) in [5.41, 5.74) is 4.57. The molecule has 0 saturated heterocycles. The van der Waals surface area contributed by atoms with Gasteiger partial charge in [0, 0.05) is 12.1 Å². The van der Waals surface area contributed by atoms with E-state index in [-0.39, 0.29) is 12.3 Å². The summed E-state index contributed by atoms with van der Waals surface area (Å²) in [6.45, 7) is 1.75. The molecular formula is C12H14F3N3O2. The topological polar surface area (TPSA) is 87.7 Å². The molecule has 1 rings (SSSR count). The van der Waals surface area contributed by atoms with Crippen molar-refractivity contribution in [1.82, 2.24) is 0 Å². The minimum Gasteiger partial charge on any atom is -0.409 e. The van der Waals surface area contributed by atoms with Crippen LogP contribution in [0.25, 0.3) is 0 Å². The van der Waals surface area contributed by atoms with Gasteiger partial charge in [0.25, 0.3) is 0 Å². The fourth-order valence-electron chi connectivity index (χ4n) is 1.64. The number of nitrogens with zero attached hydrogens (tertiary/aromatic N) is 1. The van der Waals surface area contributed by atoms with Crippen LogP contribution in [0.5, 0.6) is 0 Å². The molecule has 0 heterocycles. The fourth-order valence-corrected chi connectivity index (χ4v) is 1.64. The zero-order valence-corrected chi connectivity index (χ0v) is 10.7. The first kappa shape index (κ1) is 15.8. The SMILES string of the molecule is CCCC(C(=O)Nc1c(F)cc(F)cc1F)C(N)=NO. The Kier molecular flexibility index (Phi) is 5.36. The Morgan fingerprint density at radius 2 is 1.95 bits per heavy atom. The predicted octanol–water partition coefficient (Wildman–Crippen LogP) is 2.21. The number of hydrogen-bond donors (Lipinski definition) is 3. The first-order valence-electron chi connectivity index (χ1n) is 5.83. The lowest BCUT2D eigenvalue weighted by Gasteiger charge is -2.15. The molecule has 0 aliphatic heterocycles. The molecule has 1 amide bonds. The molecule has 110 valence electrons. The third-order valence-electron chi connectivity index (χ3n) is 2.62. The zero-order chi connectivity index (χ0) is 15.3. The van der Waals surface area contributed by atoms with Gasteiger partial charge < -0.3 is 16.3 Å². The van der Waals surface area contributed by atoms with E-state index in [1.165, 1.54) is 0 Å². The van der Waals surface area contributed by atoms with E-state index in [0.717, 1.165) is 0 Å². The number of amidine groups is 1. The Labute approximate surface area is 113 Å². The van der Waals surface area contributed by atoms with Gasteiger partial charge in [-0.15, -0.1) is 0 Å². The number of carbonyl (C=O) groups is 1. The smallest absolute Gasteiger partial charge is 0.235 e. The summed E-state index contributed by atoms with van der Waals surface area (Å²) < 4.78 is 39.5. The monoisotopic (exact) mass is 289 g/mol.